The Bertz CT molecular complexity index is 2020. The molecule has 3 aromatic rings. The molecule has 2 aliphatic carbocycles. The summed E-state index contributed by atoms with van der Waals surface area (Å²) in [6.07, 6.45) is 15.2. The maximum atomic E-state index is 14.0. The fourth-order valence-corrected chi connectivity index (χ4v) is 9.54. The number of benzene rings is 2. The summed E-state index contributed by atoms with van der Waals surface area (Å²) in [7, 11) is 1.39. The molecule has 0 spiro atoms. The number of rotatable bonds is 19. The number of carboxylic acid groups (broad SMARTS) is 1. The van der Waals surface area contributed by atoms with Gasteiger partial charge in [-0.3, -0.25) is 19.2 Å². The quantitative estimate of drug-likeness (QED) is 0.0618. The summed E-state index contributed by atoms with van der Waals surface area (Å²) in [5.41, 5.74) is 4.20. The highest BCUT2D eigenvalue weighted by Gasteiger charge is 2.31. The number of hydrogen-bond acceptors (Lipinski definition) is 7. The van der Waals surface area contributed by atoms with Crippen molar-refractivity contribution in [1.82, 2.24) is 4.90 Å². The number of allylic oxidation sites excluding steroid dienone is 2. The zero-order chi connectivity index (χ0) is 41.8. The molecule has 2 atom stereocenters. The Kier molecular flexibility index (Phi) is 16.3. The van der Waals surface area contributed by atoms with Crippen molar-refractivity contribution in [2.45, 2.75) is 110 Å². The van der Waals surface area contributed by atoms with Crippen LogP contribution in [0.5, 0.6) is 0 Å². The summed E-state index contributed by atoms with van der Waals surface area (Å²) in [6, 6.07) is 15.1. The zero-order valence-electron chi connectivity index (χ0n) is 34.0. The number of amides is 3. The van der Waals surface area contributed by atoms with Crippen molar-refractivity contribution in [2.75, 3.05) is 22.2 Å². The molecule has 5 rings (SSSR count). The van der Waals surface area contributed by atoms with Crippen LogP contribution < -0.4 is 10.6 Å². The van der Waals surface area contributed by atoms with Crippen molar-refractivity contribution in [3.63, 3.8) is 0 Å². The summed E-state index contributed by atoms with van der Waals surface area (Å²) in [5.74, 6) is -1.52. The number of hydrogen-bond donors (Lipinski definition) is 3. The molecule has 0 saturated carbocycles. The molecule has 1 heterocycles. The average Bonchev–Trinajstić information content (AvgIpc) is 3.59. The number of aliphatic carboxylic acids is 1. The van der Waals surface area contributed by atoms with E-state index in [-0.39, 0.29) is 42.6 Å². The molecule has 2 aromatic carbocycles. The molecule has 3 amide bonds. The van der Waals surface area contributed by atoms with Gasteiger partial charge in [0.15, 0.2) is 0 Å². The second-order valence-corrected chi connectivity index (χ2v) is 18.1. The molecule has 10 nitrogen and oxygen atoms in total. The highest BCUT2D eigenvalue weighted by atomic mass is 127. The number of carbonyl (C=O) groups is 5. The van der Waals surface area contributed by atoms with Crippen LogP contribution in [-0.4, -0.2) is 57.2 Å². The number of nitrogens with zero attached hydrogens (tertiary/aromatic N) is 1. The number of halogens is 1. The molecule has 310 valence electrons. The van der Waals surface area contributed by atoms with Crippen molar-refractivity contribution >= 4 is 74.3 Å². The van der Waals surface area contributed by atoms with Crippen LogP contribution in [0.4, 0.5) is 10.7 Å². The van der Waals surface area contributed by atoms with E-state index in [0.29, 0.717) is 39.9 Å². The van der Waals surface area contributed by atoms with Crippen molar-refractivity contribution in [3.05, 3.63) is 105 Å². The van der Waals surface area contributed by atoms with E-state index in [0.717, 1.165) is 84.6 Å². The van der Waals surface area contributed by atoms with Gasteiger partial charge in [0.25, 0.3) is 11.8 Å². The Morgan fingerprint density at radius 2 is 1.78 bits per heavy atom. The van der Waals surface area contributed by atoms with Gasteiger partial charge in [0.1, 0.15) is 5.00 Å². The molecular formula is C46H56IN3O7S. The van der Waals surface area contributed by atoms with Gasteiger partial charge in [0.2, 0.25) is 5.91 Å². The standard InChI is InChI=1S/C46H56IN3O7S/c1-5-36(25-27-47)50(39(51)24-26-46(2,3)45(55)56)29-32-12-9-13-34(28-32)41(52)49-43-40(37-14-6-7-15-38(37)58-43)42(53)48-35-22-18-31(19-23-35)11-8-10-30-16-20-33(21-17-30)44(54)57-4/h9,12-13,16,18-23,28,30,36H,5-8,10-11,14-15,17,24-27,29H2,1-4H3,(H,48,53)(H,49,52)(H,55,56). The van der Waals surface area contributed by atoms with Crippen LogP contribution in [0.3, 0.4) is 0 Å². The first-order chi connectivity index (χ1) is 27.8. The maximum absolute atomic E-state index is 14.0. The third kappa shape index (κ3) is 11.9. The van der Waals surface area contributed by atoms with Crippen LogP contribution in [0.15, 0.2) is 72.3 Å². The van der Waals surface area contributed by atoms with E-state index in [1.54, 1.807) is 26.0 Å². The van der Waals surface area contributed by atoms with E-state index < -0.39 is 11.4 Å². The molecule has 0 fully saturated rings. The van der Waals surface area contributed by atoms with Crippen molar-refractivity contribution in [2.24, 2.45) is 11.3 Å². The summed E-state index contributed by atoms with van der Waals surface area (Å²) in [4.78, 5) is 67.9. The average molecular weight is 922 g/mol. The highest BCUT2D eigenvalue weighted by molar-refractivity contribution is 14.1. The Balaban J connectivity index is 1.24. The summed E-state index contributed by atoms with van der Waals surface area (Å²) < 4.78 is 5.68. The second-order valence-electron chi connectivity index (χ2n) is 15.9. The van der Waals surface area contributed by atoms with Crippen LogP contribution in [0, 0.1) is 11.3 Å². The van der Waals surface area contributed by atoms with Gasteiger partial charge in [-0.15, -0.1) is 11.3 Å². The molecule has 0 bridgehead atoms. The number of esters is 1. The lowest BCUT2D eigenvalue weighted by molar-refractivity contribution is -0.148. The predicted molar refractivity (Wildman–Crippen MR) is 239 cm³/mol. The summed E-state index contributed by atoms with van der Waals surface area (Å²) in [6.45, 7) is 5.62. The fourth-order valence-electron chi connectivity index (χ4n) is 7.54. The van der Waals surface area contributed by atoms with Gasteiger partial charge in [-0.25, -0.2) is 4.79 Å². The number of anilines is 2. The maximum Gasteiger partial charge on any atom is 0.337 e. The molecule has 0 aliphatic heterocycles. The molecule has 0 radical (unpaired) electrons. The minimum atomic E-state index is -1.02. The molecule has 12 heteroatoms. The Morgan fingerprint density at radius 1 is 1.02 bits per heavy atom. The van der Waals surface area contributed by atoms with E-state index in [2.05, 4.69) is 39.3 Å². The van der Waals surface area contributed by atoms with Crippen molar-refractivity contribution in [1.29, 1.82) is 0 Å². The van der Waals surface area contributed by atoms with E-state index in [4.69, 9.17) is 4.74 Å². The van der Waals surface area contributed by atoms with Gasteiger partial charge in [0, 0.05) is 39.6 Å². The van der Waals surface area contributed by atoms with Crippen LogP contribution in [0.1, 0.15) is 121 Å². The van der Waals surface area contributed by atoms with E-state index in [9.17, 15) is 29.1 Å². The predicted octanol–water partition coefficient (Wildman–Crippen LogP) is 9.95. The van der Waals surface area contributed by atoms with Crippen LogP contribution in [0.2, 0.25) is 0 Å². The number of carbonyl (C=O) groups excluding carboxylic acids is 4. The topological polar surface area (TPSA) is 142 Å². The van der Waals surface area contributed by atoms with E-state index in [1.807, 2.05) is 60.4 Å². The number of methoxy groups -OCH3 is 1. The largest absolute Gasteiger partial charge is 0.481 e. The third-order valence-electron chi connectivity index (χ3n) is 11.2. The zero-order valence-corrected chi connectivity index (χ0v) is 37.0. The molecule has 58 heavy (non-hydrogen) atoms. The fraction of sp³-hybridized carbons (Fsp3) is 0.457. The van der Waals surface area contributed by atoms with Gasteiger partial charge in [-0.2, -0.15) is 0 Å². The first-order valence-electron chi connectivity index (χ1n) is 20.3. The number of fused-ring (bicyclic) bond motifs is 1. The molecule has 2 unspecified atom stereocenters. The number of alkyl halides is 1. The number of aryl methyl sites for hydroxylation is 2. The summed E-state index contributed by atoms with van der Waals surface area (Å²) in [5, 5.41) is 16.3. The Morgan fingerprint density at radius 3 is 2.45 bits per heavy atom. The lowest BCUT2D eigenvalue weighted by atomic mass is 9.87. The Hall–Kier alpha value is -4.30. The first-order valence-corrected chi connectivity index (χ1v) is 22.7. The van der Waals surface area contributed by atoms with Gasteiger partial charge in [0.05, 0.1) is 23.7 Å². The van der Waals surface area contributed by atoms with E-state index >= 15 is 0 Å². The normalized spacial score (nSPS) is 15.5. The van der Waals surface area contributed by atoms with Gasteiger partial charge in [-0.05, 0) is 131 Å². The molecule has 3 N–H and O–H groups in total. The molecular weight excluding hydrogens is 865 g/mol. The molecule has 2 aliphatic rings. The van der Waals surface area contributed by atoms with Gasteiger partial charge >= 0.3 is 11.9 Å². The SMILES string of the molecule is CCC(CCI)N(Cc1cccc(C(=O)Nc2sc3c(c2C(=O)Nc2ccc(CCCC4C=CC(C(=O)OC)=CC4)cc2)CCCC3)c1)C(=O)CCC(C)(C)C(=O)O. The van der Waals surface area contributed by atoms with Crippen LogP contribution in [0.25, 0.3) is 0 Å². The third-order valence-corrected chi connectivity index (χ3v) is 13.1. The van der Waals surface area contributed by atoms with Crippen LogP contribution >= 0.6 is 33.9 Å². The first kappa shape index (κ1) is 44.8. The number of thiophene rings is 1. The van der Waals surface area contributed by atoms with E-state index in [1.165, 1.54) is 24.0 Å². The van der Waals surface area contributed by atoms with Crippen LogP contribution in [-0.2, 0) is 44.9 Å². The number of nitrogens with one attached hydrogen (secondary N) is 2. The smallest absolute Gasteiger partial charge is 0.337 e. The second kappa shape index (κ2) is 21.1. The van der Waals surface area contributed by atoms with Gasteiger partial charge < -0.3 is 25.4 Å². The highest BCUT2D eigenvalue weighted by Crippen LogP contribution is 2.39. The van der Waals surface area contributed by atoms with Gasteiger partial charge in [-0.1, -0.05) is 72.0 Å². The molecule has 0 saturated heterocycles. The summed E-state index contributed by atoms with van der Waals surface area (Å²) >= 11 is 3.78. The molecule has 1 aromatic heterocycles. The monoisotopic (exact) mass is 921 g/mol. The number of carboxylic acids is 1. The number of ether oxygens (including phenoxy) is 1. The minimum absolute atomic E-state index is 0.0169. The lowest BCUT2D eigenvalue weighted by Crippen LogP contribution is -2.40. The minimum Gasteiger partial charge on any atom is -0.481 e. The Labute approximate surface area is 360 Å². The van der Waals surface area contributed by atoms with Crippen molar-refractivity contribution < 1.29 is 33.8 Å². The van der Waals surface area contributed by atoms with Crippen molar-refractivity contribution in [3.8, 4) is 0 Å². The lowest BCUT2D eigenvalue weighted by Gasteiger charge is -2.32.